The second-order valence-corrected chi connectivity index (χ2v) is 3.26. The Kier molecular flexibility index (Phi) is 4.31. The highest BCUT2D eigenvalue weighted by Gasteiger charge is 2.03. The lowest BCUT2D eigenvalue weighted by molar-refractivity contribution is -0.689. The molecule has 0 radical (unpaired) electrons. The first-order chi connectivity index (χ1) is 6.88. The Bertz CT molecular complexity index is 397. The third-order valence-corrected chi connectivity index (χ3v) is 2.16. The van der Waals surface area contributed by atoms with Gasteiger partial charge in [0.05, 0.1) is 6.54 Å². The van der Waals surface area contributed by atoms with Crippen molar-refractivity contribution in [3.63, 3.8) is 0 Å². The first-order valence-electron chi connectivity index (χ1n) is 4.84. The van der Waals surface area contributed by atoms with E-state index in [1.54, 1.807) is 0 Å². The van der Waals surface area contributed by atoms with Crippen LogP contribution in [-0.2, 0) is 13.1 Å². The molecule has 0 N–H and O–H groups in total. The molecular formula is C11H14ClN3. The lowest BCUT2D eigenvalue weighted by atomic mass is 10.2. The largest absolute Gasteiger partial charge is 1.00 e. The second-order valence-electron chi connectivity index (χ2n) is 3.26. The zero-order valence-electron chi connectivity index (χ0n) is 8.68. The summed E-state index contributed by atoms with van der Waals surface area (Å²) in [6.07, 6.45) is 3.88. The van der Waals surface area contributed by atoms with Gasteiger partial charge in [0.15, 0.2) is 0 Å². The molecular weight excluding hydrogens is 210 g/mol. The molecule has 1 aromatic heterocycles. The van der Waals surface area contributed by atoms with Crippen molar-refractivity contribution in [3.8, 4) is 0 Å². The van der Waals surface area contributed by atoms with Crippen LogP contribution >= 0.6 is 0 Å². The molecule has 2 aromatic rings. The predicted molar refractivity (Wildman–Crippen MR) is 53.6 cm³/mol. The van der Waals surface area contributed by atoms with Gasteiger partial charge in [-0.05, 0) is 12.5 Å². The quantitative estimate of drug-likeness (QED) is 0.566. The van der Waals surface area contributed by atoms with Gasteiger partial charge in [-0.1, -0.05) is 30.3 Å². The molecule has 0 spiro atoms. The number of hydrogen-bond acceptors (Lipinski definition) is 1. The van der Waals surface area contributed by atoms with Gasteiger partial charge in [0.2, 0.25) is 6.33 Å². The highest BCUT2D eigenvalue weighted by molar-refractivity contribution is 5.13. The SMILES string of the molecule is CCn1c[n+](Cc2ccccc2)cn1.[Cl-]. The van der Waals surface area contributed by atoms with Crippen molar-refractivity contribution in [3.05, 3.63) is 48.5 Å². The third kappa shape index (κ3) is 3.06. The van der Waals surface area contributed by atoms with Gasteiger partial charge in [0.1, 0.15) is 6.54 Å². The first kappa shape index (κ1) is 11.7. The molecule has 0 amide bonds. The minimum Gasteiger partial charge on any atom is -1.00 e. The summed E-state index contributed by atoms with van der Waals surface area (Å²) < 4.78 is 4.00. The summed E-state index contributed by atoms with van der Waals surface area (Å²) in [6.45, 7) is 3.89. The molecule has 0 unspecified atom stereocenters. The summed E-state index contributed by atoms with van der Waals surface area (Å²) in [4.78, 5) is 0. The van der Waals surface area contributed by atoms with E-state index in [0.29, 0.717) is 0 Å². The maximum atomic E-state index is 4.21. The molecule has 2 rings (SSSR count). The first-order valence-corrected chi connectivity index (χ1v) is 4.84. The van der Waals surface area contributed by atoms with Crippen molar-refractivity contribution < 1.29 is 17.0 Å². The Morgan fingerprint density at radius 3 is 2.60 bits per heavy atom. The lowest BCUT2D eigenvalue weighted by Gasteiger charge is -1.95. The number of benzene rings is 1. The molecule has 0 aliphatic rings. The van der Waals surface area contributed by atoms with Gasteiger partial charge in [0, 0.05) is 5.10 Å². The minimum absolute atomic E-state index is 0. The molecule has 1 heterocycles. The van der Waals surface area contributed by atoms with Gasteiger partial charge < -0.3 is 12.4 Å². The monoisotopic (exact) mass is 223 g/mol. The van der Waals surface area contributed by atoms with Crippen LogP contribution in [0.3, 0.4) is 0 Å². The van der Waals surface area contributed by atoms with Crippen LogP contribution in [0.5, 0.6) is 0 Å². The summed E-state index contributed by atoms with van der Waals surface area (Å²) >= 11 is 0. The smallest absolute Gasteiger partial charge is 0.265 e. The molecule has 80 valence electrons. The van der Waals surface area contributed by atoms with E-state index in [2.05, 4.69) is 40.9 Å². The molecule has 0 saturated carbocycles. The van der Waals surface area contributed by atoms with Crippen molar-refractivity contribution in [1.29, 1.82) is 0 Å². The minimum atomic E-state index is 0. The van der Waals surface area contributed by atoms with Gasteiger partial charge in [-0.2, -0.15) is 0 Å². The summed E-state index contributed by atoms with van der Waals surface area (Å²) in [5.41, 5.74) is 1.30. The van der Waals surface area contributed by atoms with Gasteiger partial charge in [0.25, 0.3) is 6.33 Å². The van der Waals surface area contributed by atoms with Crippen molar-refractivity contribution in [2.24, 2.45) is 0 Å². The van der Waals surface area contributed by atoms with Crippen molar-refractivity contribution in [2.75, 3.05) is 0 Å². The van der Waals surface area contributed by atoms with Crippen molar-refractivity contribution >= 4 is 0 Å². The normalized spacial score (nSPS) is 9.67. The summed E-state index contributed by atoms with van der Waals surface area (Å²) in [5.74, 6) is 0. The molecule has 0 fully saturated rings. The van der Waals surface area contributed by atoms with E-state index in [-0.39, 0.29) is 12.4 Å². The Morgan fingerprint density at radius 1 is 1.27 bits per heavy atom. The Labute approximate surface area is 95.8 Å². The van der Waals surface area contributed by atoms with Crippen LogP contribution in [0, 0.1) is 0 Å². The number of rotatable bonds is 3. The molecule has 0 bridgehead atoms. The zero-order valence-corrected chi connectivity index (χ0v) is 9.43. The summed E-state index contributed by atoms with van der Waals surface area (Å²) in [5, 5.41) is 4.21. The predicted octanol–water partition coefficient (Wildman–Crippen LogP) is -1.76. The van der Waals surface area contributed by atoms with E-state index >= 15 is 0 Å². The zero-order chi connectivity index (χ0) is 9.80. The topological polar surface area (TPSA) is 21.7 Å². The maximum Gasteiger partial charge on any atom is 0.265 e. The Morgan fingerprint density at radius 2 is 2.00 bits per heavy atom. The number of hydrogen-bond donors (Lipinski definition) is 0. The van der Waals surface area contributed by atoms with Crippen LogP contribution in [0.25, 0.3) is 0 Å². The fourth-order valence-corrected chi connectivity index (χ4v) is 1.40. The molecule has 3 nitrogen and oxygen atoms in total. The number of nitrogens with zero attached hydrogens (tertiary/aromatic N) is 3. The fraction of sp³-hybridized carbons (Fsp3) is 0.273. The summed E-state index contributed by atoms with van der Waals surface area (Å²) in [6, 6.07) is 10.4. The molecule has 0 saturated heterocycles. The summed E-state index contributed by atoms with van der Waals surface area (Å²) in [7, 11) is 0. The standard InChI is InChI=1S/C11H14N3.ClH/c1-2-14-10-13(9-12-14)8-11-6-4-3-5-7-11;/h3-7,9-10H,2,8H2,1H3;1H/q+1;/p-1. The second kappa shape index (κ2) is 5.51. The van der Waals surface area contributed by atoms with Crippen molar-refractivity contribution in [1.82, 2.24) is 9.78 Å². The van der Waals surface area contributed by atoms with E-state index in [1.165, 1.54) is 5.56 Å². The third-order valence-electron chi connectivity index (χ3n) is 2.16. The number of halogens is 1. The Hall–Kier alpha value is -1.35. The highest BCUT2D eigenvalue weighted by Crippen LogP contribution is 1.96. The van der Waals surface area contributed by atoms with Gasteiger partial charge in [-0.15, -0.1) is 4.68 Å². The number of aryl methyl sites for hydroxylation is 1. The molecule has 1 aromatic carbocycles. The van der Waals surface area contributed by atoms with E-state index in [9.17, 15) is 0 Å². The van der Waals surface area contributed by atoms with Crippen LogP contribution in [0.4, 0.5) is 0 Å². The molecule has 0 atom stereocenters. The van der Waals surface area contributed by atoms with Crippen LogP contribution in [0.1, 0.15) is 12.5 Å². The van der Waals surface area contributed by atoms with Crippen LogP contribution in [0.15, 0.2) is 43.0 Å². The maximum absolute atomic E-state index is 4.21. The van der Waals surface area contributed by atoms with Crippen LogP contribution in [-0.4, -0.2) is 9.78 Å². The van der Waals surface area contributed by atoms with Crippen LogP contribution in [0.2, 0.25) is 0 Å². The van der Waals surface area contributed by atoms with E-state index in [4.69, 9.17) is 0 Å². The highest BCUT2D eigenvalue weighted by atomic mass is 35.5. The van der Waals surface area contributed by atoms with Gasteiger partial charge >= 0.3 is 0 Å². The van der Waals surface area contributed by atoms with Gasteiger partial charge in [-0.3, -0.25) is 0 Å². The van der Waals surface area contributed by atoms with E-state index in [1.807, 2.05) is 23.4 Å². The van der Waals surface area contributed by atoms with E-state index < -0.39 is 0 Å². The number of aromatic nitrogens is 3. The fourth-order valence-electron chi connectivity index (χ4n) is 1.40. The average Bonchev–Trinajstić information content (AvgIpc) is 2.67. The average molecular weight is 224 g/mol. The van der Waals surface area contributed by atoms with E-state index in [0.717, 1.165) is 13.1 Å². The molecule has 4 heteroatoms. The van der Waals surface area contributed by atoms with Crippen molar-refractivity contribution in [2.45, 2.75) is 20.0 Å². The van der Waals surface area contributed by atoms with Gasteiger partial charge in [-0.25, -0.2) is 4.57 Å². The molecule has 15 heavy (non-hydrogen) atoms. The van der Waals surface area contributed by atoms with Crippen LogP contribution < -0.4 is 17.0 Å². The lowest BCUT2D eigenvalue weighted by Crippen LogP contribution is -3.00. The molecule has 0 aliphatic carbocycles. The molecule has 0 aliphatic heterocycles. The Balaban J connectivity index is 0.00000112.